The van der Waals surface area contributed by atoms with Crippen LogP contribution in [0.25, 0.3) is 0 Å². The van der Waals surface area contributed by atoms with Crippen LogP contribution in [0.4, 0.5) is 4.79 Å². The van der Waals surface area contributed by atoms with Gasteiger partial charge in [-0.15, -0.1) is 0 Å². The van der Waals surface area contributed by atoms with Gasteiger partial charge in [-0.2, -0.15) is 0 Å². The molecule has 0 radical (unpaired) electrons. The van der Waals surface area contributed by atoms with Crippen LogP contribution in [0.5, 0.6) is 0 Å². The molecule has 1 aromatic carbocycles. The van der Waals surface area contributed by atoms with E-state index in [2.05, 4.69) is 17.4 Å². The summed E-state index contributed by atoms with van der Waals surface area (Å²) in [5, 5.41) is 3.34. The third kappa shape index (κ3) is 4.91. The largest absolute Gasteiger partial charge is 0.449 e. The van der Waals surface area contributed by atoms with Gasteiger partial charge in [0.25, 0.3) is 0 Å². The minimum Gasteiger partial charge on any atom is -0.449 e. The Kier molecular flexibility index (Phi) is 5.69. The highest BCUT2D eigenvalue weighted by atomic mass is 16.6. The predicted molar refractivity (Wildman–Crippen MR) is 74.9 cm³/mol. The second-order valence-corrected chi connectivity index (χ2v) is 4.82. The number of carbonyl (C=O) groups excluding carboxylic acids is 1. The Hall–Kier alpha value is -1.55. The molecule has 0 bridgehead atoms. The standard InChI is InChI=1S/C15H22N2O2/c18-15(17-10-4-5-11-17)19-12-6-9-16-13-14-7-2-1-3-8-14/h1-3,7-8,16H,4-6,9-13H2. The number of carbonyl (C=O) groups is 1. The van der Waals surface area contributed by atoms with Gasteiger partial charge in [0.1, 0.15) is 0 Å². The van der Waals surface area contributed by atoms with Crippen LogP contribution in [0.15, 0.2) is 30.3 Å². The van der Waals surface area contributed by atoms with E-state index in [1.165, 1.54) is 5.56 Å². The fraction of sp³-hybridized carbons (Fsp3) is 0.533. The predicted octanol–water partition coefficient (Wildman–Crippen LogP) is 2.40. The average molecular weight is 262 g/mol. The maximum Gasteiger partial charge on any atom is 0.409 e. The molecule has 1 aliphatic heterocycles. The van der Waals surface area contributed by atoms with Crippen molar-refractivity contribution >= 4 is 6.09 Å². The fourth-order valence-corrected chi connectivity index (χ4v) is 2.18. The molecule has 1 amide bonds. The second-order valence-electron chi connectivity index (χ2n) is 4.82. The first kappa shape index (κ1) is 13.9. The Morgan fingerprint density at radius 2 is 1.95 bits per heavy atom. The first-order valence-electron chi connectivity index (χ1n) is 7.02. The highest BCUT2D eigenvalue weighted by Crippen LogP contribution is 2.08. The minimum absolute atomic E-state index is 0.152. The summed E-state index contributed by atoms with van der Waals surface area (Å²) >= 11 is 0. The summed E-state index contributed by atoms with van der Waals surface area (Å²) in [5.41, 5.74) is 1.27. The van der Waals surface area contributed by atoms with Gasteiger partial charge in [0.15, 0.2) is 0 Å². The normalized spacial score (nSPS) is 14.6. The molecule has 1 N–H and O–H groups in total. The monoisotopic (exact) mass is 262 g/mol. The number of hydrogen-bond donors (Lipinski definition) is 1. The van der Waals surface area contributed by atoms with E-state index in [-0.39, 0.29) is 6.09 Å². The van der Waals surface area contributed by atoms with Crippen molar-refractivity contribution in [2.45, 2.75) is 25.8 Å². The van der Waals surface area contributed by atoms with E-state index >= 15 is 0 Å². The Balaban J connectivity index is 1.49. The van der Waals surface area contributed by atoms with Crippen molar-refractivity contribution < 1.29 is 9.53 Å². The maximum atomic E-state index is 11.6. The zero-order chi connectivity index (χ0) is 13.3. The smallest absolute Gasteiger partial charge is 0.409 e. The average Bonchev–Trinajstić information content (AvgIpc) is 2.98. The van der Waals surface area contributed by atoms with Crippen LogP contribution >= 0.6 is 0 Å². The zero-order valence-corrected chi connectivity index (χ0v) is 11.3. The highest BCUT2D eigenvalue weighted by molar-refractivity contribution is 5.67. The first-order valence-corrected chi connectivity index (χ1v) is 7.02. The van der Waals surface area contributed by atoms with Gasteiger partial charge in [-0.3, -0.25) is 0 Å². The lowest BCUT2D eigenvalue weighted by Crippen LogP contribution is -2.29. The molecule has 0 aromatic heterocycles. The molecule has 0 unspecified atom stereocenters. The molecule has 1 aromatic rings. The van der Waals surface area contributed by atoms with Crippen molar-refractivity contribution in [3.8, 4) is 0 Å². The van der Waals surface area contributed by atoms with Crippen molar-refractivity contribution in [3.05, 3.63) is 35.9 Å². The molecule has 4 nitrogen and oxygen atoms in total. The molecule has 1 aliphatic rings. The molecule has 0 saturated carbocycles. The lowest BCUT2D eigenvalue weighted by molar-refractivity contribution is 0.109. The van der Waals surface area contributed by atoms with Crippen molar-refractivity contribution in [1.82, 2.24) is 10.2 Å². The lowest BCUT2D eigenvalue weighted by Gasteiger charge is -2.15. The van der Waals surface area contributed by atoms with E-state index in [9.17, 15) is 4.79 Å². The maximum absolute atomic E-state index is 11.6. The van der Waals surface area contributed by atoms with Crippen LogP contribution in [0.3, 0.4) is 0 Å². The lowest BCUT2D eigenvalue weighted by atomic mass is 10.2. The summed E-state index contributed by atoms with van der Waals surface area (Å²) in [6.45, 7) is 3.93. The summed E-state index contributed by atoms with van der Waals surface area (Å²) in [5.74, 6) is 0. The summed E-state index contributed by atoms with van der Waals surface area (Å²) in [4.78, 5) is 13.4. The minimum atomic E-state index is -0.152. The number of amides is 1. The van der Waals surface area contributed by atoms with Crippen molar-refractivity contribution in [2.75, 3.05) is 26.2 Å². The summed E-state index contributed by atoms with van der Waals surface area (Å²) < 4.78 is 5.23. The molecule has 104 valence electrons. The molecular weight excluding hydrogens is 240 g/mol. The Bertz CT molecular complexity index is 375. The van der Waals surface area contributed by atoms with Gasteiger partial charge in [-0.25, -0.2) is 4.79 Å². The number of nitrogens with zero attached hydrogens (tertiary/aromatic N) is 1. The van der Waals surface area contributed by atoms with Gasteiger partial charge in [0, 0.05) is 19.6 Å². The number of rotatable bonds is 6. The van der Waals surface area contributed by atoms with E-state index in [0.29, 0.717) is 6.61 Å². The number of benzene rings is 1. The van der Waals surface area contributed by atoms with Crippen LogP contribution in [0, 0.1) is 0 Å². The van der Waals surface area contributed by atoms with Gasteiger partial charge in [0.2, 0.25) is 0 Å². The van der Waals surface area contributed by atoms with Crippen LogP contribution in [0.1, 0.15) is 24.8 Å². The van der Waals surface area contributed by atoms with Gasteiger partial charge < -0.3 is 15.0 Å². The molecule has 19 heavy (non-hydrogen) atoms. The van der Waals surface area contributed by atoms with E-state index in [0.717, 1.165) is 45.4 Å². The van der Waals surface area contributed by atoms with Crippen LogP contribution in [-0.4, -0.2) is 37.2 Å². The van der Waals surface area contributed by atoms with Crippen molar-refractivity contribution in [3.63, 3.8) is 0 Å². The Morgan fingerprint density at radius 3 is 2.68 bits per heavy atom. The Morgan fingerprint density at radius 1 is 1.21 bits per heavy atom. The highest BCUT2D eigenvalue weighted by Gasteiger charge is 2.18. The van der Waals surface area contributed by atoms with Gasteiger partial charge >= 0.3 is 6.09 Å². The van der Waals surface area contributed by atoms with Gasteiger partial charge in [-0.1, -0.05) is 30.3 Å². The Labute approximate surface area is 114 Å². The van der Waals surface area contributed by atoms with Gasteiger partial charge in [-0.05, 0) is 31.4 Å². The molecule has 2 rings (SSSR count). The van der Waals surface area contributed by atoms with Crippen LogP contribution in [-0.2, 0) is 11.3 Å². The van der Waals surface area contributed by atoms with Crippen molar-refractivity contribution in [1.29, 1.82) is 0 Å². The third-order valence-corrected chi connectivity index (χ3v) is 3.26. The van der Waals surface area contributed by atoms with E-state index in [1.807, 2.05) is 18.2 Å². The van der Waals surface area contributed by atoms with E-state index < -0.39 is 0 Å². The van der Waals surface area contributed by atoms with E-state index in [1.54, 1.807) is 4.90 Å². The topological polar surface area (TPSA) is 41.6 Å². The molecule has 0 atom stereocenters. The number of ether oxygens (including phenoxy) is 1. The van der Waals surface area contributed by atoms with Gasteiger partial charge in [0.05, 0.1) is 6.61 Å². The number of nitrogens with one attached hydrogen (secondary N) is 1. The van der Waals surface area contributed by atoms with Crippen LogP contribution in [0.2, 0.25) is 0 Å². The summed E-state index contributed by atoms with van der Waals surface area (Å²) in [6.07, 6.45) is 2.91. The molecule has 1 fully saturated rings. The van der Waals surface area contributed by atoms with E-state index in [4.69, 9.17) is 4.74 Å². The SMILES string of the molecule is O=C(OCCCNCc1ccccc1)N1CCCC1. The molecule has 0 aliphatic carbocycles. The molecular formula is C15H22N2O2. The number of hydrogen-bond acceptors (Lipinski definition) is 3. The molecule has 1 saturated heterocycles. The number of likely N-dealkylation sites (tertiary alicyclic amines) is 1. The summed E-state index contributed by atoms with van der Waals surface area (Å²) in [7, 11) is 0. The van der Waals surface area contributed by atoms with Crippen LogP contribution < -0.4 is 5.32 Å². The van der Waals surface area contributed by atoms with Crippen molar-refractivity contribution in [2.24, 2.45) is 0 Å². The zero-order valence-electron chi connectivity index (χ0n) is 11.3. The third-order valence-electron chi connectivity index (χ3n) is 3.26. The summed E-state index contributed by atoms with van der Waals surface area (Å²) in [6, 6.07) is 10.3. The second kappa shape index (κ2) is 7.79. The molecule has 4 heteroatoms. The fourth-order valence-electron chi connectivity index (χ4n) is 2.18. The quantitative estimate of drug-likeness (QED) is 0.800. The first-order chi connectivity index (χ1) is 9.36. The molecule has 1 heterocycles. The molecule has 0 spiro atoms.